The Kier molecular flexibility index (Phi) is 5.06. The monoisotopic (exact) mass is 275 g/mol. The van der Waals surface area contributed by atoms with Gasteiger partial charge in [0.1, 0.15) is 0 Å². The zero-order valence-corrected chi connectivity index (χ0v) is 12.4. The lowest BCUT2D eigenvalue weighted by atomic mass is 9.96. The molecule has 0 saturated carbocycles. The van der Waals surface area contributed by atoms with Gasteiger partial charge in [-0.1, -0.05) is 12.2 Å². The SMILES string of the molecule is CCN(C)C(=O)N1CCC(SC)(C(N)=S)CC1. The van der Waals surface area contributed by atoms with E-state index in [2.05, 4.69) is 0 Å². The minimum atomic E-state index is -0.114. The standard InChI is InChI=1S/C11H21N3OS2/c1-4-13(2)10(15)14-7-5-11(17-3,6-8-14)9(12)16/h4-8H2,1-3H3,(H2,12,16). The zero-order valence-electron chi connectivity index (χ0n) is 10.7. The molecule has 1 heterocycles. The van der Waals surface area contributed by atoms with Gasteiger partial charge in [0.25, 0.3) is 0 Å². The fourth-order valence-corrected chi connectivity index (χ4v) is 3.23. The number of nitrogens with two attached hydrogens (primary N) is 1. The maximum Gasteiger partial charge on any atom is 0.319 e. The van der Waals surface area contributed by atoms with Crippen molar-refractivity contribution < 1.29 is 4.79 Å². The first-order valence-corrected chi connectivity index (χ1v) is 7.45. The van der Waals surface area contributed by atoms with Gasteiger partial charge in [0.2, 0.25) is 0 Å². The largest absolute Gasteiger partial charge is 0.392 e. The molecule has 0 aliphatic carbocycles. The van der Waals surface area contributed by atoms with Gasteiger partial charge in [-0.05, 0) is 26.0 Å². The molecule has 0 aromatic carbocycles. The summed E-state index contributed by atoms with van der Waals surface area (Å²) < 4.78 is -0.114. The Morgan fingerprint density at radius 2 is 2.06 bits per heavy atom. The van der Waals surface area contributed by atoms with E-state index in [1.165, 1.54) is 0 Å². The van der Waals surface area contributed by atoms with Gasteiger partial charge in [-0.2, -0.15) is 11.8 Å². The lowest BCUT2D eigenvalue weighted by Crippen LogP contribution is -2.53. The van der Waals surface area contributed by atoms with Crippen molar-refractivity contribution in [2.75, 3.05) is 32.9 Å². The van der Waals surface area contributed by atoms with Gasteiger partial charge < -0.3 is 15.5 Å². The number of thioether (sulfide) groups is 1. The number of carbonyl (C=O) groups excluding carboxylic acids is 1. The van der Waals surface area contributed by atoms with Crippen LogP contribution in [0.5, 0.6) is 0 Å². The minimum absolute atomic E-state index is 0.102. The predicted molar refractivity (Wildman–Crippen MR) is 77.5 cm³/mol. The number of carbonyl (C=O) groups is 1. The lowest BCUT2D eigenvalue weighted by molar-refractivity contribution is 0.153. The van der Waals surface area contributed by atoms with Crippen molar-refractivity contribution in [3.05, 3.63) is 0 Å². The fourth-order valence-electron chi connectivity index (χ4n) is 1.99. The summed E-state index contributed by atoms with van der Waals surface area (Å²) >= 11 is 6.86. The van der Waals surface area contributed by atoms with E-state index >= 15 is 0 Å². The Morgan fingerprint density at radius 1 is 1.53 bits per heavy atom. The Hall–Kier alpha value is -0.490. The van der Waals surface area contributed by atoms with Crippen LogP contribution in [0.25, 0.3) is 0 Å². The second-order valence-electron chi connectivity index (χ2n) is 4.35. The number of likely N-dealkylation sites (tertiary alicyclic amines) is 1. The Bertz CT molecular complexity index is 301. The number of urea groups is 1. The quantitative estimate of drug-likeness (QED) is 0.794. The molecule has 1 fully saturated rings. The molecule has 0 spiro atoms. The number of thiocarbonyl (C=S) groups is 1. The van der Waals surface area contributed by atoms with Crippen molar-refractivity contribution in [1.29, 1.82) is 0 Å². The smallest absolute Gasteiger partial charge is 0.319 e. The minimum Gasteiger partial charge on any atom is -0.392 e. The summed E-state index contributed by atoms with van der Waals surface area (Å²) in [6.45, 7) is 4.18. The first-order valence-electron chi connectivity index (χ1n) is 5.82. The van der Waals surface area contributed by atoms with E-state index in [-0.39, 0.29) is 10.8 Å². The highest BCUT2D eigenvalue weighted by molar-refractivity contribution is 8.02. The second kappa shape index (κ2) is 5.91. The van der Waals surface area contributed by atoms with Crippen molar-refractivity contribution in [3.63, 3.8) is 0 Å². The molecule has 98 valence electrons. The van der Waals surface area contributed by atoms with Crippen LogP contribution in [0.4, 0.5) is 4.79 Å². The average molecular weight is 275 g/mol. The number of hydrogen-bond donors (Lipinski definition) is 1. The van der Waals surface area contributed by atoms with Crippen LogP contribution in [-0.2, 0) is 0 Å². The van der Waals surface area contributed by atoms with E-state index in [4.69, 9.17) is 18.0 Å². The van der Waals surface area contributed by atoms with Gasteiger partial charge in [0.15, 0.2) is 0 Å². The fraction of sp³-hybridized carbons (Fsp3) is 0.818. The van der Waals surface area contributed by atoms with Gasteiger partial charge >= 0.3 is 6.03 Å². The number of hydrogen-bond acceptors (Lipinski definition) is 3. The highest BCUT2D eigenvalue weighted by Gasteiger charge is 2.38. The summed E-state index contributed by atoms with van der Waals surface area (Å²) in [5.41, 5.74) is 5.82. The highest BCUT2D eigenvalue weighted by Crippen LogP contribution is 2.35. The van der Waals surface area contributed by atoms with Gasteiger partial charge in [-0.25, -0.2) is 4.79 Å². The Morgan fingerprint density at radius 3 is 2.41 bits per heavy atom. The van der Waals surface area contributed by atoms with E-state index in [0.29, 0.717) is 4.99 Å². The molecule has 1 saturated heterocycles. The topological polar surface area (TPSA) is 49.6 Å². The van der Waals surface area contributed by atoms with Crippen molar-refractivity contribution >= 4 is 35.0 Å². The molecule has 0 unspecified atom stereocenters. The third kappa shape index (κ3) is 3.04. The van der Waals surface area contributed by atoms with Crippen LogP contribution < -0.4 is 5.73 Å². The van der Waals surface area contributed by atoms with Crippen LogP contribution >= 0.6 is 24.0 Å². The third-order valence-corrected chi connectivity index (χ3v) is 5.41. The normalized spacial score (nSPS) is 18.9. The van der Waals surface area contributed by atoms with Gasteiger partial charge in [-0.15, -0.1) is 0 Å². The molecule has 6 heteroatoms. The maximum atomic E-state index is 12.0. The molecule has 4 nitrogen and oxygen atoms in total. The Balaban J connectivity index is 2.61. The van der Waals surface area contributed by atoms with Crippen molar-refractivity contribution in [2.24, 2.45) is 5.73 Å². The molecule has 0 aromatic heterocycles. The maximum absolute atomic E-state index is 12.0. The number of nitrogens with zero attached hydrogens (tertiary/aromatic N) is 2. The first kappa shape index (κ1) is 14.6. The Labute approximate surface area is 113 Å². The van der Waals surface area contributed by atoms with Crippen LogP contribution in [0.15, 0.2) is 0 Å². The number of amides is 2. The van der Waals surface area contributed by atoms with E-state index in [0.717, 1.165) is 32.5 Å². The summed E-state index contributed by atoms with van der Waals surface area (Å²) in [6, 6.07) is 0.102. The molecule has 1 rings (SSSR count). The van der Waals surface area contributed by atoms with Crippen LogP contribution in [0, 0.1) is 0 Å². The van der Waals surface area contributed by atoms with Crippen molar-refractivity contribution in [1.82, 2.24) is 9.80 Å². The summed E-state index contributed by atoms with van der Waals surface area (Å²) in [5, 5.41) is 0. The molecule has 1 aliphatic heterocycles. The molecule has 2 amide bonds. The molecule has 0 radical (unpaired) electrons. The van der Waals surface area contributed by atoms with Crippen LogP contribution in [0.2, 0.25) is 0 Å². The molecular formula is C11H21N3OS2. The molecule has 0 bridgehead atoms. The van der Waals surface area contributed by atoms with Crippen LogP contribution in [0.3, 0.4) is 0 Å². The number of piperidine rings is 1. The first-order chi connectivity index (χ1) is 7.96. The lowest BCUT2D eigenvalue weighted by Gasteiger charge is -2.41. The summed E-state index contributed by atoms with van der Waals surface area (Å²) in [6.07, 6.45) is 3.74. The average Bonchev–Trinajstić information content (AvgIpc) is 2.36. The molecule has 0 atom stereocenters. The number of rotatable bonds is 3. The van der Waals surface area contributed by atoms with Crippen LogP contribution in [-0.4, -0.2) is 58.5 Å². The van der Waals surface area contributed by atoms with Gasteiger partial charge in [0.05, 0.1) is 9.74 Å². The van der Waals surface area contributed by atoms with Crippen molar-refractivity contribution in [2.45, 2.75) is 24.5 Å². The molecule has 1 aliphatic rings. The zero-order chi connectivity index (χ0) is 13.1. The van der Waals surface area contributed by atoms with Crippen LogP contribution in [0.1, 0.15) is 19.8 Å². The third-order valence-electron chi connectivity index (χ3n) is 3.48. The van der Waals surface area contributed by atoms with E-state index in [9.17, 15) is 4.79 Å². The molecule has 0 aromatic rings. The summed E-state index contributed by atoms with van der Waals surface area (Å²) in [5.74, 6) is 0. The van der Waals surface area contributed by atoms with E-state index in [1.807, 2.05) is 25.1 Å². The molecule has 17 heavy (non-hydrogen) atoms. The van der Waals surface area contributed by atoms with Gasteiger partial charge in [-0.3, -0.25) is 0 Å². The molecular weight excluding hydrogens is 254 g/mol. The summed E-state index contributed by atoms with van der Waals surface area (Å²) in [4.78, 5) is 16.2. The molecule has 2 N–H and O–H groups in total. The second-order valence-corrected chi connectivity index (χ2v) is 5.98. The van der Waals surface area contributed by atoms with Crippen molar-refractivity contribution in [3.8, 4) is 0 Å². The van der Waals surface area contributed by atoms with E-state index in [1.54, 1.807) is 16.7 Å². The predicted octanol–water partition coefficient (Wildman–Crippen LogP) is 1.54. The summed E-state index contributed by atoms with van der Waals surface area (Å²) in [7, 11) is 1.83. The van der Waals surface area contributed by atoms with Gasteiger partial charge in [0, 0.05) is 26.7 Å². The highest BCUT2D eigenvalue weighted by atomic mass is 32.2. The van der Waals surface area contributed by atoms with E-state index < -0.39 is 0 Å².